The Morgan fingerprint density at radius 2 is 1.48 bits per heavy atom. The van der Waals surface area contributed by atoms with Crippen LogP contribution in [0.25, 0.3) is 0 Å². The first-order valence-electron chi connectivity index (χ1n) is 20.3. The molecule has 0 aliphatic rings. The van der Waals surface area contributed by atoms with Gasteiger partial charge in [-0.05, 0) is 79.5 Å². The Morgan fingerprint density at radius 1 is 0.877 bits per heavy atom. The minimum absolute atomic E-state index is 0.0296. The highest BCUT2D eigenvalue weighted by Gasteiger charge is 2.33. The van der Waals surface area contributed by atoms with E-state index in [0.717, 1.165) is 11.3 Å². The van der Waals surface area contributed by atoms with Gasteiger partial charge in [-0.3, -0.25) is 24.7 Å². The molecular formula is C44H52N8O10S3. The molecule has 0 spiro atoms. The van der Waals surface area contributed by atoms with Crippen LogP contribution in [0.4, 0.5) is 5.69 Å². The molecule has 0 aliphatic carbocycles. The number of aliphatic hydroxyl groups excluding tert-OH is 1. The van der Waals surface area contributed by atoms with E-state index in [1.54, 1.807) is 92.9 Å². The number of carbonyl (C=O) groups excluding carboxylic acids is 2. The largest absolute Gasteiger partial charge is 0.496 e. The molecule has 0 bridgehead atoms. The van der Waals surface area contributed by atoms with Crippen molar-refractivity contribution in [3.05, 3.63) is 151 Å². The molecule has 1 aromatic heterocycles. The van der Waals surface area contributed by atoms with E-state index in [0.29, 0.717) is 39.1 Å². The van der Waals surface area contributed by atoms with Crippen molar-refractivity contribution >= 4 is 54.8 Å². The SMILES string of the molecule is COc1cc(C)c(S(=O)(=O)NC(N)=NCCC[C@H](NC(=O)[C@H](Cc2ccc([N+](=O)[O-])cc2)NC(=O)[C@@H](Cc2ccccc2)NS(=O)(=O)Cc2ccccc2)C(O)c2nccs2)c(C)c1C. The van der Waals surface area contributed by atoms with Gasteiger partial charge in [0.05, 0.1) is 28.7 Å². The van der Waals surface area contributed by atoms with Gasteiger partial charge >= 0.3 is 0 Å². The van der Waals surface area contributed by atoms with Gasteiger partial charge in [0.25, 0.3) is 15.7 Å². The molecule has 2 amide bonds. The number of methoxy groups -OCH3 is 1. The number of amides is 2. The van der Waals surface area contributed by atoms with E-state index in [1.165, 1.54) is 37.6 Å². The van der Waals surface area contributed by atoms with Gasteiger partial charge in [-0.1, -0.05) is 72.8 Å². The number of nitro groups is 1. The third-order valence-corrected chi connectivity index (χ3v) is 14.3. The summed E-state index contributed by atoms with van der Waals surface area (Å²) in [6.07, 6.45) is 0.136. The van der Waals surface area contributed by atoms with Gasteiger partial charge in [0, 0.05) is 36.7 Å². The average Bonchev–Trinajstić information content (AvgIpc) is 3.81. The summed E-state index contributed by atoms with van der Waals surface area (Å²) in [6, 6.07) is 20.3. The number of aryl methyl sites for hydroxylation is 1. The van der Waals surface area contributed by atoms with Crippen molar-refractivity contribution in [3.63, 3.8) is 0 Å². The predicted molar refractivity (Wildman–Crippen MR) is 247 cm³/mol. The van der Waals surface area contributed by atoms with Crippen LogP contribution in [0, 0.1) is 30.9 Å². The Balaban J connectivity index is 1.37. The molecule has 5 rings (SSSR count). The molecule has 1 unspecified atom stereocenters. The second-order valence-corrected chi connectivity index (χ2v) is 19.5. The lowest BCUT2D eigenvalue weighted by molar-refractivity contribution is -0.384. The van der Waals surface area contributed by atoms with E-state index in [2.05, 4.69) is 30.1 Å². The molecule has 4 aromatic carbocycles. The van der Waals surface area contributed by atoms with Crippen molar-refractivity contribution in [3.8, 4) is 5.75 Å². The van der Waals surface area contributed by atoms with Crippen LogP contribution < -0.4 is 30.5 Å². The minimum Gasteiger partial charge on any atom is -0.496 e. The molecule has 65 heavy (non-hydrogen) atoms. The number of nitrogens with two attached hydrogens (primary N) is 1. The number of aliphatic hydroxyl groups is 1. The molecule has 0 aliphatic heterocycles. The maximum Gasteiger partial charge on any atom is 0.269 e. The number of ether oxygens (including phenoxy) is 1. The number of thiazole rings is 1. The number of carbonyl (C=O) groups is 2. The second-order valence-electron chi connectivity index (χ2n) is 15.2. The van der Waals surface area contributed by atoms with Crippen molar-refractivity contribution in [1.82, 2.24) is 25.1 Å². The zero-order valence-electron chi connectivity index (χ0n) is 36.1. The average molecular weight is 949 g/mol. The fraction of sp³-hybridized carbons (Fsp3) is 0.318. The van der Waals surface area contributed by atoms with Crippen molar-refractivity contribution < 1.29 is 41.2 Å². The topological polar surface area (TPSA) is 274 Å². The molecule has 7 N–H and O–H groups in total. The highest BCUT2D eigenvalue weighted by Crippen LogP contribution is 2.30. The summed E-state index contributed by atoms with van der Waals surface area (Å²) in [7, 11) is -6.77. The maximum atomic E-state index is 14.4. The number of nitrogens with zero attached hydrogens (tertiary/aromatic N) is 3. The van der Waals surface area contributed by atoms with Crippen LogP contribution >= 0.6 is 11.3 Å². The molecule has 21 heteroatoms. The molecule has 18 nitrogen and oxygen atoms in total. The monoisotopic (exact) mass is 948 g/mol. The highest BCUT2D eigenvalue weighted by atomic mass is 32.2. The van der Waals surface area contributed by atoms with Gasteiger partial charge in [0.2, 0.25) is 27.8 Å². The molecule has 4 atom stereocenters. The van der Waals surface area contributed by atoms with Crippen LogP contribution in [0.1, 0.15) is 57.3 Å². The van der Waals surface area contributed by atoms with E-state index in [4.69, 9.17) is 10.5 Å². The normalized spacial score (nSPS) is 13.8. The van der Waals surface area contributed by atoms with Gasteiger partial charge in [0.15, 0.2) is 0 Å². The molecular weight excluding hydrogens is 897 g/mol. The first-order chi connectivity index (χ1) is 30.9. The molecule has 0 radical (unpaired) electrons. The van der Waals surface area contributed by atoms with E-state index >= 15 is 0 Å². The van der Waals surface area contributed by atoms with Gasteiger partial charge in [-0.2, -0.15) is 0 Å². The summed E-state index contributed by atoms with van der Waals surface area (Å²) in [5, 5.41) is 30.3. The third-order valence-electron chi connectivity index (χ3n) is 10.4. The number of hydrogen-bond acceptors (Lipinski definition) is 13. The van der Waals surface area contributed by atoms with Crippen molar-refractivity contribution in [1.29, 1.82) is 0 Å². The summed E-state index contributed by atoms with van der Waals surface area (Å²) in [4.78, 5) is 47.9. The Morgan fingerprint density at radius 3 is 2.08 bits per heavy atom. The zero-order chi connectivity index (χ0) is 47.3. The lowest BCUT2D eigenvalue weighted by atomic mass is 10.0. The third kappa shape index (κ3) is 14.1. The molecule has 0 saturated carbocycles. The smallest absolute Gasteiger partial charge is 0.269 e. The number of non-ortho nitro benzene ring substituents is 1. The summed E-state index contributed by atoms with van der Waals surface area (Å²) < 4.78 is 64.0. The Labute approximate surface area is 382 Å². The van der Waals surface area contributed by atoms with Gasteiger partial charge in [0.1, 0.15) is 28.9 Å². The van der Waals surface area contributed by atoms with Crippen molar-refractivity contribution in [2.45, 2.75) is 81.3 Å². The van der Waals surface area contributed by atoms with Gasteiger partial charge in [-0.25, -0.2) is 31.3 Å². The number of hydrogen-bond donors (Lipinski definition) is 6. The predicted octanol–water partition coefficient (Wildman–Crippen LogP) is 4.04. The van der Waals surface area contributed by atoms with E-state index in [1.807, 2.05) is 0 Å². The number of benzene rings is 4. The number of aliphatic imine (C=N–C) groups is 1. The van der Waals surface area contributed by atoms with Crippen LogP contribution in [0.5, 0.6) is 5.75 Å². The summed E-state index contributed by atoms with van der Waals surface area (Å²) in [5.74, 6) is -1.85. The van der Waals surface area contributed by atoms with Crippen LogP contribution in [-0.4, -0.2) is 81.4 Å². The molecule has 5 aromatic rings. The van der Waals surface area contributed by atoms with Crippen LogP contribution in [-0.2, 0) is 48.2 Å². The maximum absolute atomic E-state index is 14.4. The molecule has 0 saturated heterocycles. The van der Waals surface area contributed by atoms with Crippen LogP contribution in [0.15, 0.2) is 112 Å². The Hall–Kier alpha value is -6.26. The van der Waals surface area contributed by atoms with Crippen molar-refractivity contribution in [2.75, 3.05) is 13.7 Å². The number of guanidine groups is 1. The highest BCUT2D eigenvalue weighted by molar-refractivity contribution is 7.90. The van der Waals surface area contributed by atoms with E-state index < -0.39 is 66.8 Å². The quantitative estimate of drug-likeness (QED) is 0.0189. The summed E-state index contributed by atoms with van der Waals surface area (Å²) in [6.45, 7) is 5.01. The fourth-order valence-corrected chi connectivity index (χ4v) is 10.6. The van der Waals surface area contributed by atoms with Crippen LogP contribution in [0.3, 0.4) is 0 Å². The standard InChI is InChI=1S/C44H52N8O10S3/c1-28-24-38(62-4)29(2)30(3)40(28)65(60,61)51-44(45)47-21-11-16-35(39(53)43-46-22-23-63-43)48-41(54)36(25-32-17-19-34(20-18-32)52(56)57)49-42(55)37(26-31-12-7-5-8-13-31)50-64(58,59)27-33-14-9-6-10-15-33/h5-10,12-15,17-20,22-24,35-37,39,50,53H,11,16,21,25-27H2,1-4H3,(H,48,54)(H,49,55)(H3,45,47,51)/t35-,36-,37+,39?/m0/s1. The Bertz CT molecular complexity index is 2670. The zero-order valence-corrected chi connectivity index (χ0v) is 38.6. The minimum atomic E-state index is -4.15. The summed E-state index contributed by atoms with van der Waals surface area (Å²) in [5.41, 5.74) is 8.98. The van der Waals surface area contributed by atoms with E-state index in [-0.39, 0.29) is 53.8 Å². The number of aromatic nitrogens is 1. The van der Waals surface area contributed by atoms with Gasteiger partial charge < -0.3 is 26.2 Å². The number of nitrogens with one attached hydrogen (secondary N) is 4. The summed E-state index contributed by atoms with van der Waals surface area (Å²) >= 11 is 1.14. The molecule has 1 heterocycles. The van der Waals surface area contributed by atoms with Crippen molar-refractivity contribution in [2.24, 2.45) is 10.7 Å². The second kappa shape index (κ2) is 22.6. The number of nitro benzene ring substituents is 1. The number of sulfonamides is 2. The molecule has 0 fully saturated rings. The van der Waals surface area contributed by atoms with Gasteiger partial charge in [-0.15, -0.1) is 11.3 Å². The molecule has 346 valence electrons. The van der Waals surface area contributed by atoms with Crippen LogP contribution in [0.2, 0.25) is 0 Å². The first-order valence-corrected chi connectivity index (χ1v) is 24.4. The lowest BCUT2D eigenvalue weighted by Gasteiger charge is -2.27. The van der Waals surface area contributed by atoms with E-state index in [9.17, 15) is 41.6 Å². The first kappa shape index (κ1) is 49.8. The lowest BCUT2D eigenvalue weighted by Crippen LogP contribution is -2.56. The number of rotatable bonds is 22. The fourth-order valence-electron chi connectivity index (χ4n) is 7.08. The Kier molecular flexibility index (Phi) is 17.3.